The van der Waals surface area contributed by atoms with Crippen molar-refractivity contribution in [3.63, 3.8) is 0 Å². The van der Waals surface area contributed by atoms with Crippen LogP contribution in [0, 0.1) is 5.92 Å². The molecule has 7 heteroatoms. The van der Waals surface area contributed by atoms with Crippen LogP contribution in [-0.4, -0.2) is 55.6 Å². The number of nitrogens with one attached hydrogen (secondary N) is 2. The SMILES string of the molecule is O=C1CC[C@H](C2CCCCN2c2ccc(N3CCNCC3)nc2)C(=O)N1. The van der Waals surface area contributed by atoms with Gasteiger partial charge in [-0.05, 0) is 37.8 Å². The van der Waals surface area contributed by atoms with Gasteiger partial charge in [0.15, 0.2) is 0 Å². The normalized spacial score (nSPS) is 27.4. The largest absolute Gasteiger partial charge is 0.367 e. The molecule has 0 aliphatic carbocycles. The van der Waals surface area contributed by atoms with Crippen molar-refractivity contribution in [2.24, 2.45) is 5.92 Å². The van der Waals surface area contributed by atoms with E-state index in [4.69, 9.17) is 4.98 Å². The van der Waals surface area contributed by atoms with Crippen molar-refractivity contribution in [3.05, 3.63) is 18.3 Å². The van der Waals surface area contributed by atoms with Gasteiger partial charge in [0, 0.05) is 45.2 Å². The zero-order valence-corrected chi connectivity index (χ0v) is 15.1. The standard InChI is InChI=1S/C19H27N5O2/c25-18-7-5-15(19(26)22-18)16-3-1-2-10-24(16)14-4-6-17(21-13-14)23-11-8-20-9-12-23/h4,6,13,15-16,20H,1-3,5,7-12H2,(H,22,25,26)/t15-,16?/m1/s1. The van der Waals surface area contributed by atoms with Crippen molar-refractivity contribution >= 4 is 23.3 Å². The van der Waals surface area contributed by atoms with E-state index in [0.717, 1.165) is 63.5 Å². The summed E-state index contributed by atoms with van der Waals surface area (Å²) in [5.74, 6) is 0.657. The third-order valence-electron chi connectivity index (χ3n) is 5.80. The first-order chi connectivity index (χ1) is 12.7. The molecule has 7 nitrogen and oxygen atoms in total. The van der Waals surface area contributed by atoms with Crippen molar-refractivity contribution in [3.8, 4) is 0 Å². The van der Waals surface area contributed by atoms with Crippen molar-refractivity contribution in [1.29, 1.82) is 0 Å². The molecule has 3 aliphatic heterocycles. The summed E-state index contributed by atoms with van der Waals surface area (Å²) in [5.41, 5.74) is 1.08. The number of imide groups is 1. The molecule has 0 aromatic carbocycles. The molecule has 1 unspecified atom stereocenters. The predicted molar refractivity (Wildman–Crippen MR) is 100 cm³/mol. The lowest BCUT2D eigenvalue weighted by molar-refractivity contribution is -0.137. The van der Waals surface area contributed by atoms with Gasteiger partial charge in [-0.15, -0.1) is 0 Å². The molecule has 0 radical (unpaired) electrons. The minimum Gasteiger partial charge on any atom is -0.367 e. The van der Waals surface area contributed by atoms with E-state index in [2.05, 4.69) is 32.6 Å². The van der Waals surface area contributed by atoms with Gasteiger partial charge in [-0.3, -0.25) is 14.9 Å². The van der Waals surface area contributed by atoms with Crippen LogP contribution in [0.4, 0.5) is 11.5 Å². The lowest BCUT2D eigenvalue weighted by Gasteiger charge is -2.42. The van der Waals surface area contributed by atoms with Crippen LogP contribution in [0.3, 0.4) is 0 Å². The summed E-state index contributed by atoms with van der Waals surface area (Å²) in [6, 6.07) is 4.38. The summed E-state index contributed by atoms with van der Waals surface area (Å²) in [4.78, 5) is 33.2. The summed E-state index contributed by atoms with van der Waals surface area (Å²) >= 11 is 0. The Morgan fingerprint density at radius 1 is 1.04 bits per heavy atom. The molecule has 2 atom stereocenters. The van der Waals surface area contributed by atoms with Crippen molar-refractivity contribution in [2.75, 3.05) is 42.5 Å². The molecule has 3 fully saturated rings. The number of rotatable bonds is 3. The van der Waals surface area contributed by atoms with Gasteiger partial charge in [0.05, 0.1) is 17.8 Å². The Bertz CT molecular complexity index is 656. The van der Waals surface area contributed by atoms with Crippen LogP contribution in [0.2, 0.25) is 0 Å². The van der Waals surface area contributed by atoms with Gasteiger partial charge in [0.25, 0.3) is 0 Å². The van der Waals surface area contributed by atoms with E-state index in [-0.39, 0.29) is 23.8 Å². The Hall–Kier alpha value is -2.15. The molecular weight excluding hydrogens is 330 g/mol. The molecule has 0 spiro atoms. The van der Waals surface area contributed by atoms with E-state index < -0.39 is 0 Å². The molecular formula is C19H27N5O2. The van der Waals surface area contributed by atoms with Crippen molar-refractivity contribution < 1.29 is 9.59 Å². The van der Waals surface area contributed by atoms with Crippen LogP contribution in [-0.2, 0) is 9.59 Å². The maximum Gasteiger partial charge on any atom is 0.231 e. The fourth-order valence-electron chi connectivity index (χ4n) is 4.40. The molecule has 4 heterocycles. The van der Waals surface area contributed by atoms with Crippen LogP contribution in [0.15, 0.2) is 18.3 Å². The van der Waals surface area contributed by atoms with E-state index in [0.29, 0.717) is 12.8 Å². The zero-order valence-electron chi connectivity index (χ0n) is 15.1. The Morgan fingerprint density at radius 3 is 2.62 bits per heavy atom. The molecule has 140 valence electrons. The number of nitrogens with zero attached hydrogens (tertiary/aromatic N) is 3. The highest BCUT2D eigenvalue weighted by Crippen LogP contribution is 2.32. The third kappa shape index (κ3) is 3.53. The maximum absolute atomic E-state index is 12.4. The van der Waals surface area contributed by atoms with Gasteiger partial charge in [0.2, 0.25) is 11.8 Å². The highest BCUT2D eigenvalue weighted by atomic mass is 16.2. The van der Waals surface area contributed by atoms with Gasteiger partial charge in [-0.25, -0.2) is 4.98 Å². The number of carbonyl (C=O) groups is 2. The number of anilines is 2. The van der Waals surface area contributed by atoms with E-state index in [1.165, 1.54) is 0 Å². The maximum atomic E-state index is 12.4. The molecule has 3 saturated heterocycles. The van der Waals surface area contributed by atoms with Crippen LogP contribution in [0.5, 0.6) is 0 Å². The zero-order chi connectivity index (χ0) is 17.9. The van der Waals surface area contributed by atoms with E-state index in [1.807, 2.05) is 6.20 Å². The number of amides is 2. The number of aromatic nitrogens is 1. The van der Waals surface area contributed by atoms with Gasteiger partial charge in [0.1, 0.15) is 5.82 Å². The van der Waals surface area contributed by atoms with Gasteiger partial charge in [-0.1, -0.05) is 0 Å². The molecule has 4 rings (SSSR count). The average molecular weight is 357 g/mol. The Kier molecular flexibility index (Phi) is 5.06. The van der Waals surface area contributed by atoms with E-state index >= 15 is 0 Å². The minimum absolute atomic E-state index is 0.108. The number of hydrogen-bond acceptors (Lipinski definition) is 6. The van der Waals surface area contributed by atoms with Gasteiger partial charge < -0.3 is 15.1 Å². The van der Waals surface area contributed by atoms with Crippen LogP contribution >= 0.6 is 0 Å². The molecule has 0 bridgehead atoms. The first-order valence-electron chi connectivity index (χ1n) is 9.74. The predicted octanol–water partition coefficient (Wildman–Crippen LogP) is 0.903. The van der Waals surface area contributed by atoms with E-state index in [9.17, 15) is 9.59 Å². The summed E-state index contributed by atoms with van der Waals surface area (Å²) in [6.45, 7) is 4.89. The monoisotopic (exact) mass is 357 g/mol. The van der Waals surface area contributed by atoms with Crippen molar-refractivity contribution in [1.82, 2.24) is 15.6 Å². The molecule has 2 N–H and O–H groups in total. The number of hydrogen-bond donors (Lipinski definition) is 2. The van der Waals surface area contributed by atoms with Gasteiger partial charge in [-0.2, -0.15) is 0 Å². The van der Waals surface area contributed by atoms with Crippen LogP contribution in [0.1, 0.15) is 32.1 Å². The second-order valence-electron chi connectivity index (χ2n) is 7.43. The second kappa shape index (κ2) is 7.61. The third-order valence-corrected chi connectivity index (χ3v) is 5.80. The fraction of sp³-hybridized carbons (Fsp3) is 0.632. The molecule has 3 aliphatic rings. The number of carbonyl (C=O) groups excluding carboxylic acids is 2. The first kappa shape index (κ1) is 17.3. The molecule has 26 heavy (non-hydrogen) atoms. The smallest absolute Gasteiger partial charge is 0.231 e. The molecule has 1 aromatic rings. The quantitative estimate of drug-likeness (QED) is 0.783. The summed E-state index contributed by atoms with van der Waals surface area (Å²) in [7, 11) is 0. The second-order valence-corrected chi connectivity index (χ2v) is 7.43. The van der Waals surface area contributed by atoms with Crippen LogP contribution in [0.25, 0.3) is 0 Å². The number of pyridine rings is 1. The topological polar surface area (TPSA) is 77.6 Å². The Labute approximate surface area is 154 Å². The minimum atomic E-state index is -0.143. The van der Waals surface area contributed by atoms with Crippen molar-refractivity contribution in [2.45, 2.75) is 38.1 Å². The van der Waals surface area contributed by atoms with E-state index in [1.54, 1.807) is 0 Å². The summed E-state index contributed by atoms with van der Waals surface area (Å²) in [6.07, 6.45) is 6.29. The molecule has 0 saturated carbocycles. The molecule has 2 amide bonds. The van der Waals surface area contributed by atoms with Gasteiger partial charge >= 0.3 is 0 Å². The first-order valence-corrected chi connectivity index (χ1v) is 9.74. The number of piperidine rings is 2. The lowest BCUT2D eigenvalue weighted by atomic mass is 9.84. The Morgan fingerprint density at radius 2 is 1.88 bits per heavy atom. The highest BCUT2D eigenvalue weighted by molar-refractivity contribution is 5.99. The van der Waals surface area contributed by atoms with Crippen LogP contribution < -0.4 is 20.4 Å². The average Bonchev–Trinajstić information content (AvgIpc) is 2.69. The highest BCUT2D eigenvalue weighted by Gasteiger charge is 2.37. The summed E-state index contributed by atoms with van der Waals surface area (Å²) < 4.78 is 0. The summed E-state index contributed by atoms with van der Waals surface area (Å²) in [5, 5.41) is 5.88. The molecule has 1 aromatic heterocycles. The fourth-order valence-corrected chi connectivity index (χ4v) is 4.40. The Balaban J connectivity index is 1.50. The number of piperazine rings is 1. The lowest BCUT2D eigenvalue weighted by Crippen LogP contribution is -2.53.